The number of nitrogens with one attached hydrogen (secondary N) is 2. The number of benzene rings is 2. The van der Waals surface area contributed by atoms with Gasteiger partial charge in [0.1, 0.15) is 0 Å². The van der Waals surface area contributed by atoms with E-state index < -0.39 is 0 Å². The maximum atomic E-state index is 12.6. The summed E-state index contributed by atoms with van der Waals surface area (Å²) in [5.74, 6) is 1.77. The molecule has 3 rings (SSSR count). The molecule has 27 heavy (non-hydrogen) atoms. The van der Waals surface area contributed by atoms with Gasteiger partial charge >= 0.3 is 0 Å². The van der Waals surface area contributed by atoms with E-state index in [1.807, 2.05) is 35.2 Å². The number of anilines is 2. The Labute approximate surface area is 159 Å². The van der Waals surface area contributed by atoms with Gasteiger partial charge in [-0.2, -0.15) is 0 Å². The summed E-state index contributed by atoms with van der Waals surface area (Å²) < 4.78 is 10.5. The van der Waals surface area contributed by atoms with E-state index in [0.717, 1.165) is 17.8 Å². The van der Waals surface area contributed by atoms with E-state index in [-0.39, 0.29) is 12.5 Å². The van der Waals surface area contributed by atoms with E-state index in [4.69, 9.17) is 9.47 Å². The second-order valence-electron chi connectivity index (χ2n) is 6.04. The van der Waals surface area contributed by atoms with Gasteiger partial charge in [-0.25, -0.2) is 0 Å². The summed E-state index contributed by atoms with van der Waals surface area (Å²) in [6.45, 7) is 0.864. The Morgan fingerprint density at radius 1 is 1.15 bits per heavy atom. The molecule has 0 bridgehead atoms. The monoisotopic (exact) mass is 368 g/mol. The van der Waals surface area contributed by atoms with Gasteiger partial charge in [-0.3, -0.25) is 9.79 Å². The minimum Gasteiger partial charge on any atom is -0.493 e. The number of amides is 1. The number of methoxy groups -OCH3 is 2. The summed E-state index contributed by atoms with van der Waals surface area (Å²) in [5.41, 5.74) is 2.98. The van der Waals surface area contributed by atoms with Crippen molar-refractivity contribution in [1.29, 1.82) is 0 Å². The minimum atomic E-state index is 0.00946. The first-order valence-corrected chi connectivity index (χ1v) is 8.74. The van der Waals surface area contributed by atoms with Crippen LogP contribution in [0.2, 0.25) is 0 Å². The number of hydrogen-bond acceptors (Lipinski definition) is 4. The Kier molecular flexibility index (Phi) is 5.80. The number of rotatable bonds is 5. The Bertz CT molecular complexity index is 851. The Balaban J connectivity index is 1.61. The lowest BCUT2D eigenvalue weighted by molar-refractivity contribution is -0.117. The first kappa shape index (κ1) is 18.6. The van der Waals surface area contributed by atoms with Gasteiger partial charge in [0.15, 0.2) is 17.5 Å². The molecule has 2 N–H and O–H groups in total. The standard InChI is InChI=1S/C20H24N4O3/c1-21-20(23-15-8-9-17(26-2)18(12-15)27-3)22-13-19(25)24-11-10-14-6-4-5-7-16(14)24/h4-9,12H,10-11,13H2,1-3H3,(H2,21,22,23). The number of fused-ring (bicyclic) bond motifs is 1. The normalized spacial score (nSPS) is 13.1. The molecular weight excluding hydrogens is 344 g/mol. The van der Waals surface area contributed by atoms with Crippen molar-refractivity contribution in [3.05, 3.63) is 48.0 Å². The second kappa shape index (κ2) is 8.44. The number of nitrogens with zero attached hydrogens (tertiary/aromatic N) is 2. The van der Waals surface area contributed by atoms with Crippen LogP contribution in [0.4, 0.5) is 11.4 Å². The molecule has 1 amide bonds. The maximum absolute atomic E-state index is 12.6. The summed E-state index contributed by atoms with van der Waals surface area (Å²) in [4.78, 5) is 18.6. The first-order chi connectivity index (χ1) is 13.2. The molecule has 0 saturated carbocycles. The van der Waals surface area contributed by atoms with Crippen LogP contribution in [0.1, 0.15) is 5.56 Å². The maximum Gasteiger partial charge on any atom is 0.246 e. The van der Waals surface area contributed by atoms with Gasteiger partial charge in [-0.1, -0.05) is 18.2 Å². The molecule has 0 saturated heterocycles. The Morgan fingerprint density at radius 3 is 2.67 bits per heavy atom. The molecule has 0 unspecified atom stereocenters. The van der Waals surface area contributed by atoms with E-state index in [1.54, 1.807) is 27.3 Å². The van der Waals surface area contributed by atoms with Gasteiger partial charge in [0.25, 0.3) is 0 Å². The highest BCUT2D eigenvalue weighted by Gasteiger charge is 2.23. The molecule has 7 heteroatoms. The van der Waals surface area contributed by atoms with Gasteiger partial charge < -0.3 is 25.0 Å². The highest BCUT2D eigenvalue weighted by Crippen LogP contribution is 2.30. The summed E-state index contributed by atoms with van der Waals surface area (Å²) in [6, 6.07) is 13.5. The number of aliphatic imine (C=N–C) groups is 1. The van der Waals surface area contributed by atoms with E-state index in [9.17, 15) is 4.79 Å². The van der Waals surface area contributed by atoms with Crippen LogP contribution >= 0.6 is 0 Å². The van der Waals surface area contributed by atoms with Crippen LogP contribution in [0.15, 0.2) is 47.5 Å². The average molecular weight is 368 g/mol. The van der Waals surface area contributed by atoms with Crippen LogP contribution < -0.4 is 25.0 Å². The van der Waals surface area contributed by atoms with Crippen molar-refractivity contribution in [2.24, 2.45) is 4.99 Å². The molecule has 1 aliphatic rings. The summed E-state index contributed by atoms with van der Waals surface area (Å²) >= 11 is 0. The minimum absolute atomic E-state index is 0.00946. The molecule has 1 heterocycles. The lowest BCUT2D eigenvalue weighted by Crippen LogP contribution is -2.41. The third-order valence-corrected chi connectivity index (χ3v) is 4.47. The fourth-order valence-electron chi connectivity index (χ4n) is 3.08. The van der Waals surface area contributed by atoms with Gasteiger partial charge in [-0.05, 0) is 30.2 Å². The number of carbonyl (C=O) groups excluding carboxylic acids is 1. The van der Waals surface area contributed by atoms with Crippen LogP contribution in [0.25, 0.3) is 0 Å². The van der Waals surface area contributed by atoms with Crippen molar-refractivity contribution in [3.63, 3.8) is 0 Å². The number of para-hydroxylation sites is 1. The SMILES string of the molecule is CN=C(NCC(=O)N1CCc2ccccc21)Nc1ccc(OC)c(OC)c1. The van der Waals surface area contributed by atoms with Crippen molar-refractivity contribution < 1.29 is 14.3 Å². The average Bonchev–Trinajstić information content (AvgIpc) is 3.14. The van der Waals surface area contributed by atoms with E-state index in [0.29, 0.717) is 24.0 Å². The fraction of sp³-hybridized carbons (Fsp3) is 0.300. The predicted molar refractivity (Wildman–Crippen MR) is 107 cm³/mol. The van der Waals surface area contributed by atoms with Gasteiger partial charge in [0, 0.05) is 31.0 Å². The van der Waals surface area contributed by atoms with Gasteiger partial charge in [0.05, 0.1) is 20.8 Å². The molecule has 0 spiro atoms. The quantitative estimate of drug-likeness (QED) is 0.626. The summed E-state index contributed by atoms with van der Waals surface area (Å²) in [7, 11) is 4.83. The highest BCUT2D eigenvalue weighted by molar-refractivity contribution is 6.01. The molecule has 2 aromatic rings. The fourth-order valence-corrected chi connectivity index (χ4v) is 3.08. The molecule has 2 aromatic carbocycles. The largest absolute Gasteiger partial charge is 0.493 e. The number of ether oxygens (including phenoxy) is 2. The molecule has 1 aliphatic heterocycles. The molecule has 0 atom stereocenters. The third kappa shape index (κ3) is 4.13. The van der Waals surface area contributed by atoms with Crippen molar-refractivity contribution in [2.75, 3.05) is 44.6 Å². The van der Waals surface area contributed by atoms with Crippen LogP contribution in [0, 0.1) is 0 Å². The molecule has 0 aliphatic carbocycles. The third-order valence-electron chi connectivity index (χ3n) is 4.47. The lowest BCUT2D eigenvalue weighted by atomic mass is 10.2. The van der Waals surface area contributed by atoms with Crippen molar-refractivity contribution in [1.82, 2.24) is 5.32 Å². The van der Waals surface area contributed by atoms with Crippen LogP contribution in [0.5, 0.6) is 11.5 Å². The zero-order chi connectivity index (χ0) is 19.2. The van der Waals surface area contributed by atoms with E-state index >= 15 is 0 Å². The second-order valence-corrected chi connectivity index (χ2v) is 6.04. The van der Waals surface area contributed by atoms with Crippen molar-refractivity contribution in [3.8, 4) is 11.5 Å². The predicted octanol–water partition coefficient (Wildman–Crippen LogP) is 2.28. The molecule has 0 fully saturated rings. The zero-order valence-electron chi connectivity index (χ0n) is 15.8. The van der Waals surface area contributed by atoms with Crippen molar-refractivity contribution in [2.45, 2.75) is 6.42 Å². The lowest BCUT2D eigenvalue weighted by Gasteiger charge is -2.19. The Hall–Kier alpha value is -3.22. The van der Waals surface area contributed by atoms with Crippen LogP contribution in [0.3, 0.4) is 0 Å². The van der Waals surface area contributed by atoms with Crippen LogP contribution in [-0.2, 0) is 11.2 Å². The van der Waals surface area contributed by atoms with Gasteiger partial charge in [-0.15, -0.1) is 0 Å². The van der Waals surface area contributed by atoms with Gasteiger partial charge in [0.2, 0.25) is 5.91 Å². The molecular formula is C20H24N4O3. The molecule has 142 valence electrons. The highest BCUT2D eigenvalue weighted by atomic mass is 16.5. The van der Waals surface area contributed by atoms with Crippen molar-refractivity contribution >= 4 is 23.2 Å². The molecule has 0 radical (unpaired) electrons. The molecule has 7 nitrogen and oxygen atoms in total. The van der Waals surface area contributed by atoms with E-state index in [1.165, 1.54) is 5.56 Å². The Morgan fingerprint density at radius 2 is 1.93 bits per heavy atom. The first-order valence-electron chi connectivity index (χ1n) is 8.74. The zero-order valence-corrected chi connectivity index (χ0v) is 15.8. The smallest absolute Gasteiger partial charge is 0.246 e. The number of guanidine groups is 1. The van der Waals surface area contributed by atoms with Crippen LogP contribution in [-0.4, -0.2) is 46.2 Å². The summed E-state index contributed by atoms with van der Waals surface area (Å²) in [5, 5.41) is 6.22. The number of carbonyl (C=O) groups is 1. The molecule has 0 aromatic heterocycles. The summed E-state index contributed by atoms with van der Waals surface area (Å²) in [6.07, 6.45) is 0.889. The van der Waals surface area contributed by atoms with E-state index in [2.05, 4.69) is 21.7 Å². The number of hydrogen-bond donors (Lipinski definition) is 2. The topological polar surface area (TPSA) is 75.2 Å².